The molecule has 0 spiro atoms. The fourth-order valence-corrected chi connectivity index (χ4v) is 11.0. The Bertz CT molecular complexity index is 2410. The van der Waals surface area contributed by atoms with Gasteiger partial charge in [0, 0.05) is 50.6 Å². The number of rotatable bonds is 17. The number of thioether (sulfide) groups is 2. The predicted molar refractivity (Wildman–Crippen MR) is 261 cm³/mol. The molecule has 5 heterocycles. The van der Waals surface area contributed by atoms with E-state index in [2.05, 4.69) is 5.32 Å². The number of likely N-dealkylation sites (tertiary alicyclic amines) is 1. The molecule has 21 nitrogen and oxygen atoms in total. The smallest absolute Gasteiger partial charge is 0.409 e. The van der Waals surface area contributed by atoms with Crippen molar-refractivity contribution >= 4 is 101 Å². The number of aliphatic hydroxyl groups is 1. The minimum atomic E-state index is -2.05. The van der Waals surface area contributed by atoms with Gasteiger partial charge in [-0.25, -0.2) is 9.59 Å². The van der Waals surface area contributed by atoms with Crippen molar-refractivity contribution in [2.75, 3.05) is 57.4 Å². The predicted octanol–water partition coefficient (Wildman–Crippen LogP) is 2.81. The quantitative estimate of drug-likeness (QED) is 0.0747. The zero-order valence-corrected chi connectivity index (χ0v) is 43.4. The van der Waals surface area contributed by atoms with E-state index in [0.717, 1.165) is 32.2 Å². The number of hydrogen-bond acceptors (Lipinski definition) is 18. The maximum Gasteiger partial charge on any atom is 0.409 e. The highest BCUT2D eigenvalue weighted by Gasteiger charge is 2.64. The second kappa shape index (κ2) is 23.8. The van der Waals surface area contributed by atoms with E-state index >= 15 is 0 Å². The van der Waals surface area contributed by atoms with Gasteiger partial charge in [0.1, 0.15) is 30.1 Å². The molecule has 6 rings (SSSR count). The van der Waals surface area contributed by atoms with Crippen molar-refractivity contribution in [2.24, 2.45) is 11.8 Å². The molecule has 7 amide bonds. The molecule has 2 unspecified atom stereocenters. The number of aldehydes is 2. The largest absolute Gasteiger partial charge is 0.457 e. The van der Waals surface area contributed by atoms with Gasteiger partial charge in [0.2, 0.25) is 23.6 Å². The first-order valence-corrected chi connectivity index (χ1v) is 26.0. The van der Waals surface area contributed by atoms with Crippen molar-refractivity contribution in [1.82, 2.24) is 20.2 Å². The van der Waals surface area contributed by atoms with E-state index in [1.165, 1.54) is 43.8 Å². The number of esters is 1. The van der Waals surface area contributed by atoms with Gasteiger partial charge in [-0.1, -0.05) is 42.3 Å². The third-order valence-corrected chi connectivity index (χ3v) is 16.2. The molecular weight excluding hydrogens is 1000 g/mol. The Balaban J connectivity index is 1.09. The number of ether oxygens (including phenoxy) is 4. The molecule has 0 saturated carbocycles. The number of amides is 7. The van der Waals surface area contributed by atoms with Crippen molar-refractivity contribution in [2.45, 2.75) is 112 Å². The monoisotopic (exact) mass is 1060 g/mol. The lowest BCUT2D eigenvalue weighted by molar-refractivity contribution is -0.190. The number of alkyl carbamates (subject to hydrolysis) is 1. The number of fused-ring (bicyclic) bond motifs is 5. The van der Waals surface area contributed by atoms with E-state index < -0.39 is 112 Å². The third-order valence-electron chi connectivity index (χ3n) is 13.6. The molecule has 5 aliphatic rings. The number of halogens is 1. The van der Waals surface area contributed by atoms with Crippen LogP contribution in [0.5, 0.6) is 0 Å². The fourth-order valence-electron chi connectivity index (χ4n) is 8.97. The van der Waals surface area contributed by atoms with Crippen LogP contribution in [0.25, 0.3) is 0 Å². The normalized spacial score (nSPS) is 30.5. The van der Waals surface area contributed by atoms with Crippen LogP contribution in [0.2, 0.25) is 5.02 Å². The van der Waals surface area contributed by atoms with Crippen LogP contribution in [0.1, 0.15) is 75.7 Å². The number of epoxide rings is 1. The summed E-state index contributed by atoms with van der Waals surface area (Å²) in [5.41, 5.74) is -1.73. The number of anilines is 1. The van der Waals surface area contributed by atoms with Crippen molar-refractivity contribution in [3.63, 3.8) is 0 Å². The molecule has 0 radical (unpaired) electrons. The van der Waals surface area contributed by atoms with Gasteiger partial charge in [-0.2, -0.15) is 16.8 Å². The summed E-state index contributed by atoms with van der Waals surface area (Å²) in [6.07, 6.45) is 2.83. The maximum absolute atomic E-state index is 14.3. The lowest BCUT2D eigenvalue weighted by Crippen LogP contribution is -2.61. The topological polar surface area (TPSA) is 265 Å². The number of likely N-dealkylation sites (N-methyl/N-ethyl adjacent to an activating group) is 1. The van der Waals surface area contributed by atoms with Crippen LogP contribution in [-0.4, -0.2) is 179 Å². The summed E-state index contributed by atoms with van der Waals surface area (Å²) >= 11 is 9.05. The van der Waals surface area contributed by atoms with E-state index in [1.807, 2.05) is 0 Å². The zero-order chi connectivity index (χ0) is 52.8. The van der Waals surface area contributed by atoms with Gasteiger partial charge in [-0.15, -0.1) is 11.8 Å². The first-order chi connectivity index (χ1) is 34.1. The SMILES string of the molecule is CSC1CC(=O)N(OCCOCCN2C(=O)CC(SCCC(=O)N(C)[C@H](C)C(=O)O[C@H]3CC(=O)N(C)c4cc(cc(C=O)c4Cl)C/C(C)=C/C=C/[C@@H](C=O)[C@@]4(O)C[C@H](OC(=O)N4)[C@@H](C)[C@@H]4O[C@@]34C)C2=O)C1=O. The molecule has 1 aromatic carbocycles. The molecule has 24 heteroatoms. The number of carbonyl (C=O) groups excluding carboxylic acids is 10. The third kappa shape index (κ3) is 12.6. The fraction of sp³-hybridized carbons (Fsp3) is 0.583. The molecule has 5 aliphatic heterocycles. The van der Waals surface area contributed by atoms with Gasteiger partial charge < -0.3 is 38.6 Å². The minimum absolute atomic E-state index is 0.00161. The Morgan fingerprint density at radius 1 is 1.04 bits per heavy atom. The van der Waals surface area contributed by atoms with Gasteiger partial charge in [-0.3, -0.25) is 48.6 Å². The van der Waals surface area contributed by atoms with Gasteiger partial charge >= 0.3 is 12.1 Å². The van der Waals surface area contributed by atoms with E-state index in [4.69, 9.17) is 35.4 Å². The van der Waals surface area contributed by atoms with Crippen LogP contribution in [-0.2, 0) is 68.6 Å². The molecule has 4 fully saturated rings. The minimum Gasteiger partial charge on any atom is -0.457 e. The molecule has 0 aromatic heterocycles. The van der Waals surface area contributed by atoms with E-state index in [0.29, 0.717) is 18.1 Å². The molecule has 392 valence electrons. The lowest BCUT2D eigenvalue weighted by Gasteiger charge is -2.41. The van der Waals surface area contributed by atoms with E-state index in [9.17, 15) is 53.1 Å². The molecular formula is C48H60ClN5O16S2. The summed E-state index contributed by atoms with van der Waals surface area (Å²) in [5, 5.41) is 13.6. The molecule has 4 bridgehead atoms. The standard InChI is InChI=1S/C48H60ClN5O16S2/c1-26-9-8-10-31(25-56)48(65)23-33(68-46(64)50-48)27(2)42-47(4,70-42)36(22-38(58)52(6)32-19-29(17-26)18-30(24-55)41(32)49)69-45(63)28(3)51(5)37(57)11-16-72-35-21-39(59)53(43(35)61)12-13-66-14-15-67-54-40(60)20-34(71-7)44(54)62/h8-10,18-19,24-25,27-28,31,33-36,42,65H,11-17,20-23H2,1-7H3,(H,50,64)/b10-8+,26-9+/t27-,28-,31+,33+,34?,35?,36+,42+,47+,48+/m1/s1. The second-order valence-electron chi connectivity index (χ2n) is 18.5. The van der Waals surface area contributed by atoms with Crippen LogP contribution < -0.4 is 10.2 Å². The Kier molecular flexibility index (Phi) is 18.6. The first-order valence-electron chi connectivity index (χ1n) is 23.3. The van der Waals surface area contributed by atoms with E-state index in [-0.39, 0.29) is 80.5 Å². The van der Waals surface area contributed by atoms with Gasteiger partial charge in [-0.05, 0) is 51.1 Å². The average Bonchev–Trinajstić information content (AvgIpc) is 3.86. The van der Waals surface area contributed by atoms with Gasteiger partial charge in [0.25, 0.3) is 11.8 Å². The van der Waals surface area contributed by atoms with Gasteiger partial charge in [0.15, 0.2) is 12.0 Å². The van der Waals surface area contributed by atoms with Crippen molar-refractivity contribution in [3.8, 4) is 0 Å². The molecule has 1 aromatic rings. The number of hydroxylamine groups is 2. The molecule has 72 heavy (non-hydrogen) atoms. The van der Waals surface area contributed by atoms with Crippen LogP contribution in [0.15, 0.2) is 35.9 Å². The van der Waals surface area contributed by atoms with Gasteiger partial charge in [0.05, 0.1) is 72.4 Å². The summed E-state index contributed by atoms with van der Waals surface area (Å²) < 4.78 is 23.4. The average molecular weight is 1060 g/mol. The Morgan fingerprint density at radius 2 is 1.76 bits per heavy atom. The maximum atomic E-state index is 14.3. The summed E-state index contributed by atoms with van der Waals surface area (Å²) in [5.74, 6) is -5.44. The van der Waals surface area contributed by atoms with Crippen molar-refractivity contribution < 1.29 is 76.8 Å². The number of carbonyl (C=O) groups is 10. The van der Waals surface area contributed by atoms with Crippen LogP contribution >= 0.6 is 35.1 Å². The highest BCUT2D eigenvalue weighted by molar-refractivity contribution is 8.00. The zero-order valence-electron chi connectivity index (χ0n) is 41.0. The number of allylic oxidation sites excluding steroid dienone is 3. The number of hydrogen-bond donors (Lipinski definition) is 2. The number of benzene rings is 1. The summed E-state index contributed by atoms with van der Waals surface area (Å²) in [4.78, 5) is 138. The lowest BCUT2D eigenvalue weighted by atomic mass is 9.82. The summed E-state index contributed by atoms with van der Waals surface area (Å²) in [7, 11) is 2.85. The molecule has 2 N–H and O–H groups in total. The van der Waals surface area contributed by atoms with Crippen molar-refractivity contribution in [3.05, 3.63) is 52.1 Å². The number of imide groups is 2. The van der Waals surface area contributed by atoms with Crippen LogP contribution in [0.4, 0.5) is 10.5 Å². The van der Waals surface area contributed by atoms with Crippen LogP contribution in [0, 0.1) is 11.8 Å². The molecule has 0 aliphatic carbocycles. The highest BCUT2D eigenvalue weighted by atomic mass is 35.5. The van der Waals surface area contributed by atoms with E-state index in [1.54, 1.807) is 51.3 Å². The summed E-state index contributed by atoms with van der Waals surface area (Å²) in [6.45, 7) is 6.41. The van der Waals surface area contributed by atoms with Crippen LogP contribution in [0.3, 0.4) is 0 Å². The Hall–Kier alpha value is -5.17. The Morgan fingerprint density at radius 3 is 2.44 bits per heavy atom. The molecule has 10 atom stereocenters. The highest BCUT2D eigenvalue weighted by Crippen LogP contribution is 2.49. The number of nitrogens with zero attached hydrogens (tertiary/aromatic N) is 4. The number of nitrogens with one attached hydrogen (secondary N) is 1. The van der Waals surface area contributed by atoms with Crippen molar-refractivity contribution in [1.29, 1.82) is 0 Å². The summed E-state index contributed by atoms with van der Waals surface area (Å²) in [6, 6.07) is 2.03. The Labute approximate surface area is 429 Å². The molecule has 4 saturated heterocycles. The second-order valence-corrected chi connectivity index (χ2v) is 21.2. The first kappa shape index (κ1) is 56.1.